The second-order valence-corrected chi connectivity index (χ2v) is 4.60. The normalized spacial score (nSPS) is 15.6. The Hall–Kier alpha value is -2.10. The van der Waals surface area contributed by atoms with E-state index in [4.69, 9.17) is 4.42 Å². The van der Waals surface area contributed by atoms with Crippen molar-refractivity contribution in [2.75, 3.05) is 0 Å². The molecule has 1 aliphatic rings. The van der Waals surface area contributed by atoms with Crippen LogP contribution < -0.4 is 5.63 Å². The van der Waals surface area contributed by atoms with Crippen molar-refractivity contribution in [2.24, 2.45) is 5.92 Å². The fourth-order valence-electron chi connectivity index (χ4n) is 2.23. The Morgan fingerprint density at radius 1 is 1.28 bits per heavy atom. The number of benzene rings is 1. The van der Waals surface area contributed by atoms with E-state index in [2.05, 4.69) is 0 Å². The number of carbonyl (C=O) groups is 1. The largest absolute Gasteiger partial charge is 0.506 e. The summed E-state index contributed by atoms with van der Waals surface area (Å²) >= 11 is 0. The summed E-state index contributed by atoms with van der Waals surface area (Å²) in [5.74, 6) is -0.683. The third-order valence-corrected chi connectivity index (χ3v) is 3.51. The van der Waals surface area contributed by atoms with Crippen LogP contribution in [0.15, 0.2) is 33.5 Å². The number of para-hydroxylation sites is 1. The predicted molar refractivity (Wildman–Crippen MR) is 65.8 cm³/mol. The fourth-order valence-corrected chi connectivity index (χ4v) is 2.23. The number of aromatic hydroxyl groups is 1. The molecular formula is C14H12O4. The highest BCUT2D eigenvalue weighted by Gasteiger charge is 2.31. The lowest BCUT2D eigenvalue weighted by atomic mass is 9.80. The Morgan fingerprint density at radius 2 is 2.00 bits per heavy atom. The third-order valence-electron chi connectivity index (χ3n) is 3.51. The van der Waals surface area contributed by atoms with Crippen LogP contribution in [0.5, 0.6) is 5.75 Å². The molecule has 92 valence electrons. The summed E-state index contributed by atoms with van der Waals surface area (Å²) in [5.41, 5.74) is -0.647. The maximum Gasteiger partial charge on any atom is 0.351 e. The Morgan fingerprint density at radius 3 is 2.67 bits per heavy atom. The van der Waals surface area contributed by atoms with Crippen molar-refractivity contribution in [3.63, 3.8) is 0 Å². The molecule has 0 saturated heterocycles. The van der Waals surface area contributed by atoms with Crippen LogP contribution in [0.1, 0.15) is 29.6 Å². The van der Waals surface area contributed by atoms with Gasteiger partial charge < -0.3 is 9.52 Å². The summed E-state index contributed by atoms with van der Waals surface area (Å²) in [6.45, 7) is 0. The van der Waals surface area contributed by atoms with E-state index in [-0.39, 0.29) is 23.0 Å². The van der Waals surface area contributed by atoms with Crippen LogP contribution in [0, 0.1) is 5.92 Å². The molecular weight excluding hydrogens is 232 g/mol. The highest BCUT2D eigenvalue weighted by Crippen LogP contribution is 2.33. The molecule has 1 saturated carbocycles. The zero-order valence-electron chi connectivity index (χ0n) is 9.68. The van der Waals surface area contributed by atoms with E-state index < -0.39 is 5.63 Å². The van der Waals surface area contributed by atoms with Gasteiger partial charge in [0.05, 0.1) is 5.39 Å². The molecule has 4 heteroatoms. The van der Waals surface area contributed by atoms with Gasteiger partial charge in [-0.25, -0.2) is 4.79 Å². The maximum atomic E-state index is 12.1. The second kappa shape index (κ2) is 3.98. The van der Waals surface area contributed by atoms with Crippen LogP contribution in [0.4, 0.5) is 0 Å². The first kappa shape index (κ1) is 11.0. The summed E-state index contributed by atoms with van der Waals surface area (Å²) in [7, 11) is 0. The van der Waals surface area contributed by atoms with Crippen LogP contribution in [-0.2, 0) is 0 Å². The molecule has 2 aromatic rings. The first-order chi connectivity index (χ1) is 8.68. The molecule has 1 heterocycles. The predicted octanol–water partition coefficient (Wildman–Crippen LogP) is 2.48. The summed E-state index contributed by atoms with van der Waals surface area (Å²) in [5, 5.41) is 10.5. The number of hydrogen-bond donors (Lipinski definition) is 1. The van der Waals surface area contributed by atoms with Gasteiger partial charge in [-0.05, 0) is 25.0 Å². The Labute approximate surface area is 103 Å². The van der Waals surface area contributed by atoms with Gasteiger partial charge >= 0.3 is 5.63 Å². The van der Waals surface area contributed by atoms with Gasteiger partial charge in [-0.15, -0.1) is 0 Å². The minimum absolute atomic E-state index is 0.139. The van der Waals surface area contributed by atoms with Gasteiger partial charge in [0.25, 0.3) is 0 Å². The zero-order valence-corrected chi connectivity index (χ0v) is 9.68. The minimum atomic E-state index is -0.747. The second-order valence-electron chi connectivity index (χ2n) is 4.60. The van der Waals surface area contributed by atoms with Crippen LogP contribution >= 0.6 is 0 Å². The van der Waals surface area contributed by atoms with E-state index in [1.54, 1.807) is 24.3 Å². The lowest BCUT2D eigenvalue weighted by Gasteiger charge is -2.23. The van der Waals surface area contributed by atoms with Crippen LogP contribution in [-0.4, -0.2) is 10.9 Å². The van der Waals surface area contributed by atoms with E-state index >= 15 is 0 Å². The highest BCUT2D eigenvalue weighted by molar-refractivity contribution is 6.04. The van der Waals surface area contributed by atoms with Crippen molar-refractivity contribution < 1.29 is 14.3 Å². The first-order valence-electron chi connectivity index (χ1n) is 5.97. The number of hydrogen-bond acceptors (Lipinski definition) is 4. The van der Waals surface area contributed by atoms with Crippen LogP contribution in [0.3, 0.4) is 0 Å². The van der Waals surface area contributed by atoms with Crippen LogP contribution in [0.2, 0.25) is 0 Å². The van der Waals surface area contributed by atoms with Crippen molar-refractivity contribution in [3.05, 3.63) is 40.2 Å². The quantitative estimate of drug-likeness (QED) is 0.651. The van der Waals surface area contributed by atoms with Gasteiger partial charge in [0.1, 0.15) is 16.9 Å². The Bertz CT molecular complexity index is 680. The van der Waals surface area contributed by atoms with Gasteiger partial charge in [-0.1, -0.05) is 18.6 Å². The first-order valence-corrected chi connectivity index (χ1v) is 5.97. The molecule has 0 aliphatic heterocycles. The zero-order chi connectivity index (χ0) is 12.7. The number of fused-ring (bicyclic) bond motifs is 1. The molecule has 0 atom stereocenters. The molecule has 18 heavy (non-hydrogen) atoms. The molecule has 1 aliphatic carbocycles. The molecule has 1 N–H and O–H groups in total. The molecule has 4 nitrogen and oxygen atoms in total. The lowest BCUT2D eigenvalue weighted by molar-refractivity contribution is 0.0848. The maximum absolute atomic E-state index is 12.1. The lowest BCUT2D eigenvalue weighted by Crippen LogP contribution is -2.26. The van der Waals surface area contributed by atoms with E-state index in [9.17, 15) is 14.7 Å². The summed E-state index contributed by atoms with van der Waals surface area (Å²) in [6, 6.07) is 6.65. The molecule has 0 amide bonds. The highest BCUT2D eigenvalue weighted by atomic mass is 16.4. The van der Waals surface area contributed by atoms with Gasteiger partial charge in [-0.2, -0.15) is 0 Å². The molecule has 0 spiro atoms. The van der Waals surface area contributed by atoms with Gasteiger partial charge in [-0.3, -0.25) is 4.79 Å². The standard InChI is InChI=1S/C14H12O4/c15-12(8-4-3-5-8)11-13(16)9-6-1-2-7-10(9)18-14(11)17/h1-2,6-8,16H,3-5H2. The van der Waals surface area contributed by atoms with E-state index in [0.29, 0.717) is 11.0 Å². The molecule has 0 bridgehead atoms. The Balaban J connectivity index is 2.22. The monoisotopic (exact) mass is 244 g/mol. The van der Waals surface area contributed by atoms with Crippen molar-refractivity contribution in [1.29, 1.82) is 0 Å². The average Bonchev–Trinajstić information content (AvgIpc) is 2.26. The Kier molecular flexibility index (Phi) is 2.44. The topological polar surface area (TPSA) is 67.5 Å². The third kappa shape index (κ3) is 1.53. The number of ketones is 1. The fraction of sp³-hybridized carbons (Fsp3) is 0.286. The molecule has 1 aromatic carbocycles. The van der Waals surface area contributed by atoms with Gasteiger partial charge in [0.15, 0.2) is 5.78 Å². The van der Waals surface area contributed by atoms with Gasteiger partial charge in [0.2, 0.25) is 0 Å². The summed E-state index contributed by atoms with van der Waals surface area (Å²) < 4.78 is 5.08. The molecule has 1 aromatic heterocycles. The summed E-state index contributed by atoms with van der Waals surface area (Å²) in [6.07, 6.45) is 2.56. The van der Waals surface area contributed by atoms with Crippen LogP contribution in [0.25, 0.3) is 11.0 Å². The van der Waals surface area contributed by atoms with E-state index in [1.165, 1.54) is 0 Å². The molecule has 0 radical (unpaired) electrons. The van der Waals surface area contributed by atoms with E-state index in [0.717, 1.165) is 19.3 Å². The summed E-state index contributed by atoms with van der Waals surface area (Å²) in [4.78, 5) is 23.9. The van der Waals surface area contributed by atoms with Crippen molar-refractivity contribution >= 4 is 16.8 Å². The molecule has 0 unspecified atom stereocenters. The molecule has 3 rings (SSSR count). The van der Waals surface area contributed by atoms with Gasteiger partial charge in [0, 0.05) is 5.92 Å². The average molecular weight is 244 g/mol. The van der Waals surface area contributed by atoms with Crippen molar-refractivity contribution in [1.82, 2.24) is 0 Å². The SMILES string of the molecule is O=C(c1c(O)c2ccccc2oc1=O)C1CCC1. The minimum Gasteiger partial charge on any atom is -0.506 e. The number of Topliss-reactive ketones (excluding diaryl/α,β-unsaturated/α-hetero) is 1. The number of carbonyl (C=O) groups excluding carboxylic acids is 1. The van der Waals surface area contributed by atoms with E-state index in [1.807, 2.05) is 0 Å². The molecule has 1 fully saturated rings. The van der Waals surface area contributed by atoms with Crippen molar-refractivity contribution in [3.8, 4) is 5.75 Å². The van der Waals surface area contributed by atoms with Crippen molar-refractivity contribution in [2.45, 2.75) is 19.3 Å². The number of rotatable bonds is 2. The smallest absolute Gasteiger partial charge is 0.351 e.